The van der Waals surface area contributed by atoms with Crippen LogP contribution in [0.25, 0.3) is 22.4 Å². The van der Waals surface area contributed by atoms with Crippen LogP contribution in [0.2, 0.25) is 0 Å². The molecular formula is C27H31N9O2. The average molecular weight is 514 g/mol. The second kappa shape index (κ2) is 10.3. The van der Waals surface area contributed by atoms with Gasteiger partial charge in [0.05, 0.1) is 30.3 Å². The highest BCUT2D eigenvalue weighted by atomic mass is 16.5. The molecule has 2 amide bonds. The third kappa shape index (κ3) is 5.15. The van der Waals surface area contributed by atoms with Crippen molar-refractivity contribution in [3.8, 4) is 11.4 Å². The number of rotatable bonds is 7. The second-order valence-corrected chi connectivity index (χ2v) is 10.0. The van der Waals surface area contributed by atoms with Crippen molar-refractivity contribution >= 4 is 34.3 Å². The molecule has 5 heterocycles. The van der Waals surface area contributed by atoms with E-state index in [9.17, 15) is 4.79 Å². The molecule has 2 bridgehead atoms. The zero-order chi connectivity index (χ0) is 26.1. The molecule has 2 saturated heterocycles. The summed E-state index contributed by atoms with van der Waals surface area (Å²) in [6.07, 6.45) is 7.81. The van der Waals surface area contributed by atoms with Gasteiger partial charge in [-0.25, -0.2) is 19.4 Å². The Hall–Kier alpha value is -4.09. The Balaban J connectivity index is 1.28. The summed E-state index contributed by atoms with van der Waals surface area (Å²) in [6.45, 7) is 3.23. The predicted octanol–water partition coefficient (Wildman–Crippen LogP) is 3.46. The number of ether oxygens (including phenoxy) is 1. The van der Waals surface area contributed by atoms with E-state index in [1.54, 1.807) is 24.5 Å². The molecule has 0 spiro atoms. The molecule has 2 atom stereocenters. The van der Waals surface area contributed by atoms with E-state index in [4.69, 9.17) is 14.7 Å². The van der Waals surface area contributed by atoms with Crippen LogP contribution < -0.4 is 15.5 Å². The van der Waals surface area contributed by atoms with Gasteiger partial charge in [-0.15, -0.1) is 0 Å². The summed E-state index contributed by atoms with van der Waals surface area (Å²) in [5, 5.41) is 11.3. The number of hydrogen-bond donors (Lipinski definition) is 2. The van der Waals surface area contributed by atoms with Gasteiger partial charge in [0, 0.05) is 49.0 Å². The van der Waals surface area contributed by atoms with Crippen LogP contribution in [0.1, 0.15) is 12.8 Å². The van der Waals surface area contributed by atoms with E-state index in [0.717, 1.165) is 61.4 Å². The minimum atomic E-state index is -0.323. The SMILES string of the molecule is CN(C)CCn1ncc2c(N3CC4CCC(C3)O4)nc(-c3ccc(NC(=O)Nc4ccncc4)cc3)nc21. The summed E-state index contributed by atoms with van der Waals surface area (Å²) in [4.78, 5) is 30.8. The van der Waals surface area contributed by atoms with E-state index >= 15 is 0 Å². The minimum Gasteiger partial charge on any atom is -0.371 e. The quantitative estimate of drug-likeness (QED) is 0.386. The topological polar surface area (TPSA) is 113 Å². The lowest BCUT2D eigenvalue weighted by molar-refractivity contribution is 0.0303. The second-order valence-electron chi connectivity index (χ2n) is 10.0. The van der Waals surface area contributed by atoms with Crippen LogP contribution in [-0.4, -0.2) is 81.6 Å². The highest BCUT2D eigenvalue weighted by Crippen LogP contribution is 2.33. The van der Waals surface area contributed by atoms with Gasteiger partial charge in [0.15, 0.2) is 11.5 Å². The number of anilines is 3. The van der Waals surface area contributed by atoms with Gasteiger partial charge in [0.2, 0.25) is 0 Å². The standard InChI is InChI=1S/C27H31N9O2/c1-34(2)13-14-36-26-23(15-29-36)25(35-16-21-7-8-22(17-35)38-21)32-24(33-26)18-3-5-19(6-4-18)30-27(37)31-20-9-11-28-12-10-20/h3-6,9-12,15,21-22H,7-8,13-14,16-17H2,1-2H3,(H2,28,30,31,37). The van der Waals surface area contributed by atoms with Crippen LogP contribution in [0.5, 0.6) is 0 Å². The molecule has 2 aliphatic heterocycles. The lowest BCUT2D eigenvalue weighted by Crippen LogP contribution is -2.43. The number of morpholine rings is 1. The molecule has 0 saturated carbocycles. The first kappa shape index (κ1) is 24.3. The first-order valence-electron chi connectivity index (χ1n) is 12.9. The van der Waals surface area contributed by atoms with Gasteiger partial charge in [-0.3, -0.25) is 4.98 Å². The number of carbonyl (C=O) groups is 1. The van der Waals surface area contributed by atoms with E-state index in [0.29, 0.717) is 17.2 Å². The van der Waals surface area contributed by atoms with E-state index < -0.39 is 0 Å². The number of carbonyl (C=O) groups excluding carboxylic acids is 1. The number of nitrogens with zero attached hydrogens (tertiary/aromatic N) is 7. The Morgan fingerprint density at radius 3 is 2.37 bits per heavy atom. The number of nitrogens with one attached hydrogen (secondary N) is 2. The maximum absolute atomic E-state index is 12.4. The highest BCUT2D eigenvalue weighted by Gasteiger charge is 2.35. The zero-order valence-electron chi connectivity index (χ0n) is 21.5. The summed E-state index contributed by atoms with van der Waals surface area (Å²) in [7, 11) is 4.10. The molecule has 11 heteroatoms. The Morgan fingerprint density at radius 1 is 1.00 bits per heavy atom. The Kier molecular flexibility index (Phi) is 6.61. The van der Waals surface area contributed by atoms with Gasteiger partial charge in [-0.1, -0.05) is 0 Å². The van der Waals surface area contributed by atoms with Gasteiger partial charge in [-0.05, 0) is 63.3 Å². The Bertz CT molecular complexity index is 1410. The van der Waals surface area contributed by atoms with Gasteiger partial charge >= 0.3 is 6.03 Å². The number of pyridine rings is 1. The van der Waals surface area contributed by atoms with E-state index in [-0.39, 0.29) is 18.2 Å². The molecule has 2 N–H and O–H groups in total. The zero-order valence-corrected chi connectivity index (χ0v) is 21.5. The number of amides is 2. The molecule has 1 aromatic carbocycles. The number of benzene rings is 1. The summed E-state index contributed by atoms with van der Waals surface area (Å²) in [5.74, 6) is 1.53. The van der Waals surface area contributed by atoms with Gasteiger partial charge in [-0.2, -0.15) is 5.10 Å². The molecule has 2 aliphatic rings. The molecule has 2 fully saturated rings. The molecule has 38 heavy (non-hydrogen) atoms. The molecule has 3 aromatic heterocycles. The molecule has 2 unspecified atom stereocenters. The summed E-state index contributed by atoms with van der Waals surface area (Å²) in [6, 6.07) is 10.7. The van der Waals surface area contributed by atoms with Crippen molar-refractivity contribution in [2.45, 2.75) is 31.6 Å². The normalized spacial score (nSPS) is 18.8. The minimum absolute atomic E-state index is 0.245. The van der Waals surface area contributed by atoms with Crippen molar-refractivity contribution in [2.24, 2.45) is 0 Å². The first-order chi connectivity index (χ1) is 18.5. The van der Waals surface area contributed by atoms with Crippen molar-refractivity contribution in [1.29, 1.82) is 0 Å². The number of aromatic nitrogens is 5. The van der Waals surface area contributed by atoms with Gasteiger partial charge in [0.1, 0.15) is 5.82 Å². The maximum atomic E-state index is 12.4. The molecule has 11 nitrogen and oxygen atoms in total. The third-order valence-electron chi connectivity index (χ3n) is 6.92. The summed E-state index contributed by atoms with van der Waals surface area (Å²) in [5.41, 5.74) is 3.03. The smallest absolute Gasteiger partial charge is 0.323 e. The van der Waals surface area contributed by atoms with Crippen LogP contribution in [0, 0.1) is 0 Å². The fourth-order valence-electron chi connectivity index (χ4n) is 4.99. The van der Waals surface area contributed by atoms with E-state index in [2.05, 4.69) is 30.5 Å². The van der Waals surface area contributed by atoms with Crippen LogP contribution >= 0.6 is 0 Å². The Labute approximate surface area is 220 Å². The first-order valence-corrected chi connectivity index (χ1v) is 12.9. The molecule has 196 valence electrons. The van der Waals surface area contributed by atoms with Crippen molar-refractivity contribution in [1.82, 2.24) is 29.6 Å². The molecule has 0 radical (unpaired) electrons. The highest BCUT2D eigenvalue weighted by molar-refractivity contribution is 5.99. The lowest BCUT2D eigenvalue weighted by Gasteiger charge is -2.33. The van der Waals surface area contributed by atoms with Crippen LogP contribution in [0.4, 0.5) is 22.0 Å². The molecule has 0 aliphatic carbocycles. The van der Waals surface area contributed by atoms with Crippen molar-refractivity contribution < 1.29 is 9.53 Å². The van der Waals surface area contributed by atoms with Crippen LogP contribution in [0.15, 0.2) is 55.0 Å². The van der Waals surface area contributed by atoms with Crippen LogP contribution in [-0.2, 0) is 11.3 Å². The molecule has 6 rings (SSSR count). The van der Waals surface area contributed by atoms with Crippen molar-refractivity contribution in [2.75, 3.05) is 49.3 Å². The Morgan fingerprint density at radius 2 is 1.68 bits per heavy atom. The van der Waals surface area contributed by atoms with Crippen molar-refractivity contribution in [3.63, 3.8) is 0 Å². The average Bonchev–Trinajstić information content (AvgIpc) is 3.49. The van der Waals surface area contributed by atoms with E-state index in [1.165, 1.54) is 0 Å². The van der Waals surface area contributed by atoms with Gasteiger partial charge < -0.3 is 25.2 Å². The van der Waals surface area contributed by atoms with E-state index in [1.807, 2.05) is 49.2 Å². The number of fused-ring (bicyclic) bond motifs is 3. The number of likely N-dealkylation sites (N-methyl/N-ethyl adjacent to an activating group) is 1. The lowest BCUT2D eigenvalue weighted by atomic mass is 10.2. The monoisotopic (exact) mass is 513 g/mol. The molecule has 4 aromatic rings. The molecular weight excluding hydrogens is 482 g/mol. The predicted molar refractivity (Wildman–Crippen MR) is 146 cm³/mol. The summed E-state index contributed by atoms with van der Waals surface area (Å²) >= 11 is 0. The van der Waals surface area contributed by atoms with Gasteiger partial charge in [0.25, 0.3) is 0 Å². The van der Waals surface area contributed by atoms with Crippen LogP contribution in [0.3, 0.4) is 0 Å². The largest absolute Gasteiger partial charge is 0.371 e. The van der Waals surface area contributed by atoms with Crippen molar-refractivity contribution in [3.05, 3.63) is 55.0 Å². The third-order valence-corrected chi connectivity index (χ3v) is 6.92. The number of urea groups is 1. The fourth-order valence-corrected chi connectivity index (χ4v) is 4.99. The fraction of sp³-hybridized carbons (Fsp3) is 0.370. The number of hydrogen-bond acceptors (Lipinski definition) is 8. The summed E-state index contributed by atoms with van der Waals surface area (Å²) < 4.78 is 8.03. The maximum Gasteiger partial charge on any atom is 0.323 e.